The van der Waals surface area contributed by atoms with Gasteiger partial charge in [-0.1, -0.05) is 26.0 Å². The van der Waals surface area contributed by atoms with Crippen LogP contribution in [0, 0.1) is 0 Å². The number of phenolic OH excluding ortho intramolecular Hbond substituents is 2. The van der Waals surface area contributed by atoms with Crippen LogP contribution < -0.4 is 10.2 Å². The lowest BCUT2D eigenvalue weighted by atomic mass is 9.98. The second kappa shape index (κ2) is 10.4. The van der Waals surface area contributed by atoms with Gasteiger partial charge in [0.25, 0.3) is 0 Å². The molecule has 8 heteroatoms. The molecule has 0 spiro atoms. The van der Waals surface area contributed by atoms with Gasteiger partial charge in [0, 0.05) is 51.2 Å². The van der Waals surface area contributed by atoms with Gasteiger partial charge >= 0.3 is 0 Å². The first-order valence-electron chi connectivity index (χ1n) is 10.4. The molecule has 0 amide bonds. The van der Waals surface area contributed by atoms with E-state index in [9.17, 15) is 15.3 Å². The van der Waals surface area contributed by atoms with E-state index in [1.165, 1.54) is 11.6 Å². The monoisotopic (exact) mass is 425 g/mol. The quantitative estimate of drug-likeness (QED) is 0.235. The summed E-state index contributed by atoms with van der Waals surface area (Å²) in [6.45, 7) is 11.9. The minimum absolute atomic E-state index is 0.00924. The number of nitrogens with zero attached hydrogens (tertiary/aromatic N) is 4. The van der Waals surface area contributed by atoms with E-state index in [1.54, 1.807) is 11.0 Å². The Labute approximate surface area is 183 Å². The Bertz CT molecular complexity index is 922. The first-order valence-corrected chi connectivity index (χ1v) is 10.4. The van der Waals surface area contributed by atoms with Crippen molar-refractivity contribution in [1.82, 2.24) is 10.2 Å². The lowest BCUT2D eigenvalue weighted by Crippen LogP contribution is -2.42. The third-order valence-corrected chi connectivity index (χ3v) is 5.43. The smallest absolute Gasteiger partial charge is 0.168 e. The third kappa shape index (κ3) is 5.41. The first kappa shape index (κ1) is 22.7. The van der Waals surface area contributed by atoms with Gasteiger partial charge in [0.2, 0.25) is 0 Å². The molecule has 1 saturated heterocycles. The van der Waals surface area contributed by atoms with Gasteiger partial charge in [-0.2, -0.15) is 5.10 Å². The Kier molecular flexibility index (Phi) is 7.62. The van der Waals surface area contributed by atoms with Gasteiger partial charge < -0.3 is 25.5 Å². The molecule has 0 saturated carbocycles. The van der Waals surface area contributed by atoms with E-state index in [0.717, 1.165) is 32.7 Å². The molecule has 3 rings (SSSR count). The van der Waals surface area contributed by atoms with Crippen molar-refractivity contribution in [2.75, 3.05) is 37.8 Å². The molecule has 166 valence electrons. The van der Waals surface area contributed by atoms with Crippen LogP contribution in [0.15, 0.2) is 46.6 Å². The van der Waals surface area contributed by atoms with E-state index in [0.29, 0.717) is 16.8 Å². The Hall–Kier alpha value is -2.94. The predicted octanol–water partition coefficient (Wildman–Crippen LogP) is 2.45. The number of anilines is 1. The van der Waals surface area contributed by atoms with Gasteiger partial charge in [-0.15, -0.1) is 5.10 Å². The van der Waals surface area contributed by atoms with Gasteiger partial charge in [-0.3, -0.25) is 4.90 Å². The summed E-state index contributed by atoms with van der Waals surface area (Å²) < 4.78 is 0. The van der Waals surface area contributed by atoms with Crippen LogP contribution in [-0.4, -0.2) is 65.7 Å². The number of piperazine rings is 1. The SMILES string of the molecule is C=N/N=C(/c1cc(C(C)C)c(O)cc1O)N(CO)c1ccc(CN2CCNCC2)cc1. The van der Waals surface area contributed by atoms with Gasteiger partial charge in [0.05, 0.1) is 5.56 Å². The van der Waals surface area contributed by atoms with Gasteiger partial charge in [0.1, 0.15) is 18.2 Å². The number of nitrogens with one attached hydrogen (secondary N) is 1. The minimum Gasteiger partial charge on any atom is -0.508 e. The molecule has 0 unspecified atom stereocenters. The summed E-state index contributed by atoms with van der Waals surface area (Å²) in [6, 6.07) is 10.8. The third-order valence-electron chi connectivity index (χ3n) is 5.43. The number of hydrogen-bond acceptors (Lipinski definition) is 7. The number of benzene rings is 2. The molecule has 1 heterocycles. The van der Waals surface area contributed by atoms with Crippen molar-refractivity contribution in [1.29, 1.82) is 0 Å². The van der Waals surface area contributed by atoms with Crippen molar-refractivity contribution in [2.45, 2.75) is 26.3 Å². The zero-order valence-corrected chi connectivity index (χ0v) is 18.1. The molecule has 8 nitrogen and oxygen atoms in total. The molecular weight excluding hydrogens is 394 g/mol. The number of aliphatic hydroxyl groups excluding tert-OH is 1. The number of aliphatic hydroxyl groups is 1. The number of aromatic hydroxyl groups is 2. The summed E-state index contributed by atoms with van der Waals surface area (Å²) in [5, 5.41) is 41.9. The zero-order chi connectivity index (χ0) is 22.4. The number of phenols is 2. The molecule has 4 N–H and O–H groups in total. The van der Waals surface area contributed by atoms with E-state index >= 15 is 0 Å². The number of rotatable bonds is 7. The molecule has 0 bridgehead atoms. The summed E-state index contributed by atoms with van der Waals surface area (Å²) in [4.78, 5) is 3.94. The molecule has 31 heavy (non-hydrogen) atoms. The molecule has 0 radical (unpaired) electrons. The zero-order valence-electron chi connectivity index (χ0n) is 18.1. The van der Waals surface area contributed by atoms with Crippen molar-refractivity contribution < 1.29 is 15.3 Å². The Morgan fingerprint density at radius 3 is 2.39 bits per heavy atom. The molecular formula is C23H31N5O3. The van der Waals surface area contributed by atoms with Crippen molar-refractivity contribution in [3.05, 3.63) is 53.1 Å². The second-order valence-corrected chi connectivity index (χ2v) is 7.91. The number of hydrogen-bond donors (Lipinski definition) is 4. The van der Waals surface area contributed by atoms with Gasteiger partial charge in [-0.05, 0) is 35.2 Å². The molecule has 0 aliphatic carbocycles. The highest BCUT2D eigenvalue weighted by molar-refractivity contribution is 6.11. The van der Waals surface area contributed by atoms with E-state index in [-0.39, 0.29) is 30.0 Å². The highest BCUT2D eigenvalue weighted by atomic mass is 16.3. The largest absolute Gasteiger partial charge is 0.508 e. The van der Waals surface area contributed by atoms with Crippen LogP contribution in [0.4, 0.5) is 5.69 Å². The molecule has 1 aliphatic heterocycles. The van der Waals surface area contributed by atoms with E-state index in [4.69, 9.17) is 0 Å². The van der Waals surface area contributed by atoms with Crippen LogP contribution in [0.3, 0.4) is 0 Å². The lowest BCUT2D eigenvalue weighted by Gasteiger charge is -2.28. The van der Waals surface area contributed by atoms with Crippen molar-refractivity contribution >= 4 is 18.2 Å². The maximum Gasteiger partial charge on any atom is 0.168 e. The molecule has 2 aromatic carbocycles. The normalized spacial score (nSPS) is 15.3. The average molecular weight is 426 g/mol. The second-order valence-electron chi connectivity index (χ2n) is 7.91. The highest BCUT2D eigenvalue weighted by Gasteiger charge is 2.22. The van der Waals surface area contributed by atoms with Crippen LogP contribution in [0.5, 0.6) is 11.5 Å². The van der Waals surface area contributed by atoms with Crippen LogP contribution in [0.25, 0.3) is 0 Å². The molecule has 0 atom stereocenters. The molecule has 0 aromatic heterocycles. The van der Waals surface area contributed by atoms with Gasteiger partial charge in [-0.25, -0.2) is 0 Å². The van der Waals surface area contributed by atoms with Crippen LogP contribution in [0.2, 0.25) is 0 Å². The van der Waals surface area contributed by atoms with E-state index < -0.39 is 0 Å². The van der Waals surface area contributed by atoms with Crippen LogP contribution in [-0.2, 0) is 6.54 Å². The maximum atomic E-state index is 10.5. The fraction of sp³-hybridized carbons (Fsp3) is 0.391. The average Bonchev–Trinajstić information content (AvgIpc) is 2.75. The summed E-state index contributed by atoms with van der Waals surface area (Å²) in [5.41, 5.74) is 2.90. The number of amidine groups is 1. The van der Waals surface area contributed by atoms with Crippen molar-refractivity contribution in [3.8, 4) is 11.5 Å². The van der Waals surface area contributed by atoms with Crippen molar-refractivity contribution in [2.24, 2.45) is 10.2 Å². The molecule has 2 aromatic rings. The molecule has 1 fully saturated rings. The first-order chi connectivity index (χ1) is 14.9. The van der Waals surface area contributed by atoms with Crippen LogP contribution in [0.1, 0.15) is 36.5 Å². The maximum absolute atomic E-state index is 10.5. The summed E-state index contributed by atoms with van der Waals surface area (Å²) in [5.74, 6) is 0.129. The predicted molar refractivity (Wildman–Crippen MR) is 124 cm³/mol. The van der Waals surface area contributed by atoms with Crippen LogP contribution >= 0.6 is 0 Å². The standard InChI is InChI=1S/C23H31N5O3/c1-16(2)19-12-20(22(31)13-21(19)30)23(26-24-3)28(15-29)18-6-4-17(5-7-18)14-27-10-8-25-9-11-27/h4-7,12-13,16,25,29-31H,3,8-11,14-15H2,1-2H3/b26-23-. The summed E-state index contributed by atoms with van der Waals surface area (Å²) >= 11 is 0. The van der Waals surface area contributed by atoms with Gasteiger partial charge in [0.15, 0.2) is 5.84 Å². The van der Waals surface area contributed by atoms with E-state index in [1.807, 2.05) is 38.1 Å². The van der Waals surface area contributed by atoms with Crippen molar-refractivity contribution in [3.63, 3.8) is 0 Å². The Morgan fingerprint density at radius 2 is 1.81 bits per heavy atom. The highest BCUT2D eigenvalue weighted by Crippen LogP contribution is 2.34. The Balaban J connectivity index is 1.90. The summed E-state index contributed by atoms with van der Waals surface area (Å²) in [7, 11) is 0. The topological polar surface area (TPSA) is 104 Å². The lowest BCUT2D eigenvalue weighted by molar-refractivity contribution is 0.233. The molecule has 1 aliphatic rings. The summed E-state index contributed by atoms with van der Waals surface area (Å²) in [6.07, 6.45) is 0. The fourth-order valence-electron chi connectivity index (χ4n) is 3.74. The fourth-order valence-corrected chi connectivity index (χ4v) is 3.74. The Morgan fingerprint density at radius 1 is 1.13 bits per heavy atom. The minimum atomic E-state index is -0.372. The van der Waals surface area contributed by atoms with E-state index in [2.05, 4.69) is 27.1 Å².